The largest absolute Gasteiger partial charge is 0.480 e. The Hall–Kier alpha value is -1.85. The second kappa shape index (κ2) is 6.58. The molecule has 0 bridgehead atoms. The molecule has 0 heterocycles. The van der Waals surface area contributed by atoms with Crippen LogP contribution in [0.2, 0.25) is 0 Å². The Balaban J connectivity index is 4.22. The van der Waals surface area contributed by atoms with Crippen molar-refractivity contribution in [2.75, 3.05) is 0 Å². The SMILES string of the molecule is C/C=C/C(=O)NC(CCC(N)=O)C(=O)O. The molecule has 1 unspecified atom stereocenters. The minimum atomic E-state index is -1.19. The first-order chi connectivity index (χ1) is 6.97. The van der Waals surface area contributed by atoms with Crippen LogP contribution in [0.15, 0.2) is 12.2 Å². The minimum absolute atomic E-state index is 0.00599. The summed E-state index contributed by atoms with van der Waals surface area (Å²) in [4.78, 5) is 32.1. The van der Waals surface area contributed by atoms with Crippen molar-refractivity contribution in [3.8, 4) is 0 Å². The molecule has 0 aliphatic rings. The number of nitrogens with two attached hydrogens (primary N) is 1. The number of carbonyl (C=O) groups excluding carboxylic acids is 2. The highest BCUT2D eigenvalue weighted by Crippen LogP contribution is 1.97. The predicted octanol–water partition coefficient (Wildman–Crippen LogP) is -0.603. The third-order valence-corrected chi connectivity index (χ3v) is 1.61. The van der Waals surface area contributed by atoms with Crippen LogP contribution in [0.1, 0.15) is 19.8 Å². The van der Waals surface area contributed by atoms with Gasteiger partial charge >= 0.3 is 5.97 Å². The predicted molar refractivity (Wildman–Crippen MR) is 52.8 cm³/mol. The number of hydrogen-bond acceptors (Lipinski definition) is 3. The van der Waals surface area contributed by atoms with Crippen LogP contribution in [0.3, 0.4) is 0 Å². The number of allylic oxidation sites excluding steroid dienone is 1. The van der Waals surface area contributed by atoms with E-state index in [-0.39, 0.29) is 12.8 Å². The van der Waals surface area contributed by atoms with Gasteiger partial charge in [0.1, 0.15) is 6.04 Å². The molecule has 84 valence electrons. The number of aliphatic carboxylic acids is 1. The van der Waals surface area contributed by atoms with Crippen LogP contribution in [0, 0.1) is 0 Å². The van der Waals surface area contributed by atoms with Crippen LogP contribution in [0.25, 0.3) is 0 Å². The molecular formula is C9H14N2O4. The van der Waals surface area contributed by atoms with E-state index in [0.29, 0.717) is 0 Å². The van der Waals surface area contributed by atoms with E-state index in [1.54, 1.807) is 6.92 Å². The van der Waals surface area contributed by atoms with Crippen LogP contribution >= 0.6 is 0 Å². The van der Waals surface area contributed by atoms with E-state index < -0.39 is 23.8 Å². The zero-order chi connectivity index (χ0) is 11.8. The maximum Gasteiger partial charge on any atom is 0.326 e. The molecular weight excluding hydrogens is 200 g/mol. The Labute approximate surface area is 87.1 Å². The smallest absolute Gasteiger partial charge is 0.326 e. The van der Waals surface area contributed by atoms with Gasteiger partial charge in [0.2, 0.25) is 11.8 Å². The van der Waals surface area contributed by atoms with Gasteiger partial charge in [0.05, 0.1) is 0 Å². The average molecular weight is 214 g/mol. The van der Waals surface area contributed by atoms with Crippen molar-refractivity contribution in [1.82, 2.24) is 5.32 Å². The quantitative estimate of drug-likeness (QED) is 0.512. The zero-order valence-electron chi connectivity index (χ0n) is 8.40. The maximum atomic E-state index is 11.0. The fourth-order valence-corrected chi connectivity index (χ4v) is 0.915. The highest BCUT2D eigenvalue weighted by Gasteiger charge is 2.19. The van der Waals surface area contributed by atoms with Crippen LogP contribution in [-0.4, -0.2) is 28.9 Å². The monoisotopic (exact) mass is 214 g/mol. The van der Waals surface area contributed by atoms with Crippen LogP contribution in [-0.2, 0) is 14.4 Å². The summed E-state index contributed by atoms with van der Waals surface area (Å²) >= 11 is 0. The maximum absolute atomic E-state index is 11.0. The summed E-state index contributed by atoms with van der Waals surface area (Å²) in [5, 5.41) is 11.0. The van der Waals surface area contributed by atoms with Gasteiger partial charge in [0.15, 0.2) is 0 Å². The van der Waals surface area contributed by atoms with Crippen molar-refractivity contribution in [2.24, 2.45) is 5.73 Å². The third kappa shape index (κ3) is 6.25. The number of carbonyl (C=O) groups is 3. The summed E-state index contributed by atoms with van der Waals surface area (Å²) in [7, 11) is 0. The molecule has 0 saturated heterocycles. The van der Waals surface area contributed by atoms with Crippen molar-refractivity contribution in [3.63, 3.8) is 0 Å². The Morgan fingerprint density at radius 1 is 1.47 bits per heavy atom. The Kier molecular flexibility index (Phi) is 5.77. The average Bonchev–Trinajstić information content (AvgIpc) is 2.11. The molecule has 6 nitrogen and oxygen atoms in total. The Bertz CT molecular complexity index is 286. The molecule has 6 heteroatoms. The molecule has 0 aromatic heterocycles. The molecule has 0 saturated carbocycles. The van der Waals surface area contributed by atoms with Crippen molar-refractivity contribution in [2.45, 2.75) is 25.8 Å². The number of carboxylic acids is 1. The van der Waals surface area contributed by atoms with Gasteiger partial charge in [-0.3, -0.25) is 9.59 Å². The van der Waals surface area contributed by atoms with Crippen LogP contribution < -0.4 is 11.1 Å². The van der Waals surface area contributed by atoms with E-state index in [0.717, 1.165) is 0 Å². The van der Waals surface area contributed by atoms with E-state index in [2.05, 4.69) is 5.32 Å². The molecule has 4 N–H and O–H groups in total. The second-order valence-corrected chi connectivity index (χ2v) is 2.90. The topological polar surface area (TPSA) is 109 Å². The number of nitrogens with one attached hydrogen (secondary N) is 1. The van der Waals surface area contributed by atoms with E-state index in [4.69, 9.17) is 10.8 Å². The molecule has 0 aliphatic heterocycles. The number of carboxylic acid groups (broad SMARTS) is 1. The molecule has 0 aromatic carbocycles. The van der Waals surface area contributed by atoms with Crippen molar-refractivity contribution in [1.29, 1.82) is 0 Å². The van der Waals surface area contributed by atoms with Crippen molar-refractivity contribution in [3.05, 3.63) is 12.2 Å². The zero-order valence-corrected chi connectivity index (χ0v) is 8.40. The standard InChI is InChI=1S/C9H14N2O4/c1-2-3-8(13)11-6(9(14)15)4-5-7(10)12/h2-3,6H,4-5H2,1H3,(H2,10,12)(H,11,13)(H,14,15)/b3-2+. The molecule has 0 radical (unpaired) electrons. The first-order valence-electron chi connectivity index (χ1n) is 4.41. The van der Waals surface area contributed by atoms with E-state index in [9.17, 15) is 14.4 Å². The van der Waals surface area contributed by atoms with Crippen LogP contribution in [0.5, 0.6) is 0 Å². The number of hydrogen-bond donors (Lipinski definition) is 3. The fourth-order valence-electron chi connectivity index (χ4n) is 0.915. The van der Waals surface area contributed by atoms with Crippen molar-refractivity contribution >= 4 is 17.8 Å². The fraction of sp³-hybridized carbons (Fsp3) is 0.444. The van der Waals surface area contributed by atoms with E-state index in [1.807, 2.05) is 0 Å². The summed E-state index contributed by atoms with van der Waals surface area (Å²) in [6.45, 7) is 1.64. The van der Waals surface area contributed by atoms with Gasteiger partial charge in [-0.15, -0.1) is 0 Å². The van der Waals surface area contributed by atoms with E-state index >= 15 is 0 Å². The molecule has 0 spiro atoms. The Morgan fingerprint density at radius 3 is 2.47 bits per heavy atom. The highest BCUT2D eigenvalue weighted by atomic mass is 16.4. The lowest BCUT2D eigenvalue weighted by Crippen LogP contribution is -2.40. The molecule has 0 aliphatic carbocycles. The van der Waals surface area contributed by atoms with Gasteiger partial charge in [-0.25, -0.2) is 4.79 Å². The molecule has 0 aromatic rings. The first kappa shape index (κ1) is 13.2. The summed E-state index contributed by atoms with van der Waals surface area (Å²) in [5.41, 5.74) is 4.87. The lowest BCUT2D eigenvalue weighted by molar-refractivity contribution is -0.141. The lowest BCUT2D eigenvalue weighted by Gasteiger charge is -2.11. The molecule has 0 rings (SSSR count). The number of rotatable bonds is 6. The van der Waals surface area contributed by atoms with Crippen molar-refractivity contribution < 1.29 is 19.5 Å². The summed E-state index contributed by atoms with van der Waals surface area (Å²) in [5.74, 6) is -2.29. The highest BCUT2D eigenvalue weighted by molar-refractivity contribution is 5.91. The Morgan fingerprint density at radius 2 is 2.07 bits per heavy atom. The van der Waals surface area contributed by atoms with Gasteiger partial charge in [-0.05, 0) is 19.4 Å². The second-order valence-electron chi connectivity index (χ2n) is 2.90. The lowest BCUT2D eigenvalue weighted by atomic mass is 10.1. The van der Waals surface area contributed by atoms with E-state index in [1.165, 1.54) is 12.2 Å². The molecule has 2 amide bonds. The normalized spacial score (nSPS) is 12.3. The summed E-state index contributed by atoms with van der Waals surface area (Å²) < 4.78 is 0. The number of amides is 2. The summed E-state index contributed by atoms with van der Waals surface area (Å²) in [6, 6.07) is -1.08. The number of primary amides is 1. The molecule has 0 fully saturated rings. The molecule has 15 heavy (non-hydrogen) atoms. The summed E-state index contributed by atoms with van der Waals surface area (Å²) in [6.07, 6.45) is 2.61. The molecule has 1 atom stereocenters. The van der Waals surface area contributed by atoms with Gasteiger partial charge in [-0.2, -0.15) is 0 Å². The first-order valence-corrected chi connectivity index (χ1v) is 4.41. The van der Waals surface area contributed by atoms with Gasteiger partial charge in [0.25, 0.3) is 0 Å². The van der Waals surface area contributed by atoms with Gasteiger partial charge in [-0.1, -0.05) is 6.08 Å². The van der Waals surface area contributed by atoms with Gasteiger partial charge in [0, 0.05) is 6.42 Å². The van der Waals surface area contributed by atoms with Gasteiger partial charge < -0.3 is 16.2 Å². The minimum Gasteiger partial charge on any atom is -0.480 e. The third-order valence-electron chi connectivity index (χ3n) is 1.61. The van der Waals surface area contributed by atoms with Crippen LogP contribution in [0.4, 0.5) is 0 Å².